The van der Waals surface area contributed by atoms with Crippen molar-refractivity contribution in [1.82, 2.24) is 4.98 Å². The minimum Gasteiger partial charge on any atom is -0.363 e. The number of rotatable bonds is 3. The molecule has 1 atom stereocenters. The molecule has 1 heterocycles. The van der Waals surface area contributed by atoms with Crippen LogP contribution < -0.4 is 5.32 Å². The van der Waals surface area contributed by atoms with Crippen molar-refractivity contribution in [3.63, 3.8) is 0 Å². The predicted molar refractivity (Wildman–Crippen MR) is 81.3 cm³/mol. The SMILES string of the molecule is Cc1nc(NC2CCCc3ccc(F)cc32)ccc1[N+](=O)[O-]. The molecule has 114 valence electrons. The van der Waals surface area contributed by atoms with E-state index >= 15 is 0 Å². The summed E-state index contributed by atoms with van der Waals surface area (Å²) >= 11 is 0. The maximum Gasteiger partial charge on any atom is 0.290 e. The number of aryl methyl sites for hydroxylation is 2. The van der Waals surface area contributed by atoms with Crippen LogP contribution in [0.25, 0.3) is 0 Å². The third-order valence-electron chi connectivity index (χ3n) is 4.00. The Kier molecular flexibility index (Phi) is 3.75. The number of nitrogens with zero attached hydrogens (tertiary/aromatic N) is 2. The minimum atomic E-state index is -0.447. The van der Waals surface area contributed by atoms with E-state index in [0.717, 1.165) is 30.4 Å². The fourth-order valence-corrected chi connectivity index (χ4v) is 2.93. The Morgan fingerprint density at radius 1 is 1.36 bits per heavy atom. The first-order valence-electron chi connectivity index (χ1n) is 7.21. The van der Waals surface area contributed by atoms with Crippen molar-refractivity contribution in [3.8, 4) is 0 Å². The highest BCUT2D eigenvalue weighted by Gasteiger charge is 2.21. The lowest BCUT2D eigenvalue weighted by molar-refractivity contribution is -0.385. The van der Waals surface area contributed by atoms with Crippen molar-refractivity contribution < 1.29 is 9.31 Å². The summed E-state index contributed by atoms with van der Waals surface area (Å²) in [4.78, 5) is 14.6. The van der Waals surface area contributed by atoms with E-state index in [2.05, 4.69) is 10.3 Å². The zero-order chi connectivity index (χ0) is 15.7. The quantitative estimate of drug-likeness (QED) is 0.689. The standard InChI is InChI=1S/C16H16FN3O2/c1-10-15(20(21)22)7-8-16(18-10)19-14-4-2-3-11-5-6-12(17)9-13(11)14/h5-9,14H,2-4H2,1H3,(H,18,19). The van der Waals surface area contributed by atoms with Crippen LogP contribution in [0, 0.1) is 22.9 Å². The second-order valence-corrected chi connectivity index (χ2v) is 5.49. The summed E-state index contributed by atoms with van der Waals surface area (Å²) in [6.07, 6.45) is 2.84. The van der Waals surface area contributed by atoms with E-state index in [9.17, 15) is 14.5 Å². The molecule has 2 aromatic rings. The smallest absolute Gasteiger partial charge is 0.290 e. The number of hydrogen-bond acceptors (Lipinski definition) is 4. The van der Waals surface area contributed by atoms with Gasteiger partial charge in [-0.2, -0.15) is 0 Å². The van der Waals surface area contributed by atoms with Gasteiger partial charge >= 0.3 is 0 Å². The summed E-state index contributed by atoms with van der Waals surface area (Å²) in [6.45, 7) is 1.61. The maximum absolute atomic E-state index is 13.5. The number of hydrogen-bond donors (Lipinski definition) is 1. The highest BCUT2D eigenvalue weighted by atomic mass is 19.1. The molecule has 5 nitrogen and oxygen atoms in total. The highest BCUT2D eigenvalue weighted by molar-refractivity contribution is 5.47. The van der Waals surface area contributed by atoms with Crippen LogP contribution >= 0.6 is 0 Å². The van der Waals surface area contributed by atoms with Gasteiger partial charge in [-0.25, -0.2) is 9.37 Å². The molecule has 0 spiro atoms. The van der Waals surface area contributed by atoms with E-state index in [-0.39, 0.29) is 17.5 Å². The molecule has 22 heavy (non-hydrogen) atoms. The second-order valence-electron chi connectivity index (χ2n) is 5.49. The molecule has 0 aliphatic heterocycles. The lowest BCUT2D eigenvalue weighted by atomic mass is 9.87. The van der Waals surface area contributed by atoms with Crippen LogP contribution in [0.15, 0.2) is 30.3 Å². The van der Waals surface area contributed by atoms with Crippen LogP contribution in [0.2, 0.25) is 0 Å². The molecule has 1 aromatic carbocycles. The predicted octanol–water partition coefficient (Wildman–Crippen LogP) is 3.93. The van der Waals surface area contributed by atoms with Gasteiger partial charge < -0.3 is 5.32 Å². The van der Waals surface area contributed by atoms with Gasteiger partial charge in [-0.05, 0) is 55.5 Å². The Balaban J connectivity index is 1.87. The van der Waals surface area contributed by atoms with Gasteiger partial charge in [0.2, 0.25) is 0 Å². The topological polar surface area (TPSA) is 68.1 Å². The molecule has 0 saturated carbocycles. The Labute approximate surface area is 127 Å². The third-order valence-corrected chi connectivity index (χ3v) is 4.00. The summed E-state index contributed by atoms with van der Waals surface area (Å²) in [5.41, 5.74) is 2.46. The zero-order valence-electron chi connectivity index (χ0n) is 12.2. The molecule has 1 unspecified atom stereocenters. The number of nitrogens with one attached hydrogen (secondary N) is 1. The van der Waals surface area contributed by atoms with Gasteiger partial charge in [0, 0.05) is 6.07 Å². The Bertz CT molecular complexity index is 733. The van der Waals surface area contributed by atoms with Gasteiger partial charge in [-0.3, -0.25) is 10.1 Å². The number of fused-ring (bicyclic) bond motifs is 1. The molecule has 0 radical (unpaired) electrons. The van der Waals surface area contributed by atoms with E-state index in [0.29, 0.717) is 11.5 Å². The van der Waals surface area contributed by atoms with Crippen LogP contribution in [-0.2, 0) is 6.42 Å². The number of aromatic nitrogens is 1. The van der Waals surface area contributed by atoms with E-state index < -0.39 is 4.92 Å². The molecule has 1 aliphatic carbocycles. The largest absolute Gasteiger partial charge is 0.363 e. The number of anilines is 1. The van der Waals surface area contributed by atoms with E-state index in [1.807, 2.05) is 6.07 Å². The number of halogens is 1. The van der Waals surface area contributed by atoms with Crippen LogP contribution in [-0.4, -0.2) is 9.91 Å². The van der Waals surface area contributed by atoms with Crippen LogP contribution in [0.3, 0.4) is 0 Å². The summed E-state index contributed by atoms with van der Waals surface area (Å²) in [6, 6.07) is 7.89. The molecule has 0 bridgehead atoms. The fraction of sp³-hybridized carbons (Fsp3) is 0.312. The summed E-state index contributed by atoms with van der Waals surface area (Å²) in [5, 5.41) is 14.1. The Morgan fingerprint density at radius 2 is 2.18 bits per heavy atom. The van der Waals surface area contributed by atoms with Gasteiger partial charge in [-0.15, -0.1) is 0 Å². The normalized spacial score (nSPS) is 16.9. The molecule has 6 heteroatoms. The van der Waals surface area contributed by atoms with Crippen molar-refractivity contribution in [1.29, 1.82) is 0 Å². The molecule has 1 aromatic heterocycles. The van der Waals surface area contributed by atoms with Crippen LogP contribution in [0.1, 0.15) is 35.7 Å². The monoisotopic (exact) mass is 301 g/mol. The molecule has 0 saturated heterocycles. The Hall–Kier alpha value is -2.50. The van der Waals surface area contributed by atoms with Crippen LogP contribution in [0.4, 0.5) is 15.9 Å². The maximum atomic E-state index is 13.5. The van der Waals surface area contributed by atoms with Crippen molar-refractivity contribution >= 4 is 11.5 Å². The average molecular weight is 301 g/mol. The van der Waals surface area contributed by atoms with Crippen molar-refractivity contribution in [2.24, 2.45) is 0 Å². The molecule has 1 aliphatic rings. The van der Waals surface area contributed by atoms with Gasteiger partial charge in [0.15, 0.2) is 0 Å². The second kappa shape index (κ2) is 5.71. The van der Waals surface area contributed by atoms with Gasteiger partial charge in [0.1, 0.15) is 17.3 Å². The van der Waals surface area contributed by atoms with E-state index in [4.69, 9.17) is 0 Å². The summed E-state index contributed by atoms with van der Waals surface area (Å²) in [7, 11) is 0. The lowest BCUT2D eigenvalue weighted by Crippen LogP contribution is -2.18. The van der Waals surface area contributed by atoms with Crippen molar-refractivity contribution in [2.75, 3.05) is 5.32 Å². The molecular weight excluding hydrogens is 285 g/mol. The zero-order valence-corrected chi connectivity index (χ0v) is 12.2. The summed E-state index contributed by atoms with van der Waals surface area (Å²) in [5.74, 6) is 0.325. The number of pyridine rings is 1. The fourth-order valence-electron chi connectivity index (χ4n) is 2.93. The summed E-state index contributed by atoms with van der Waals surface area (Å²) < 4.78 is 13.5. The van der Waals surface area contributed by atoms with Gasteiger partial charge in [0.05, 0.1) is 11.0 Å². The van der Waals surface area contributed by atoms with Crippen LogP contribution in [0.5, 0.6) is 0 Å². The van der Waals surface area contributed by atoms with Gasteiger partial charge in [0.25, 0.3) is 5.69 Å². The van der Waals surface area contributed by atoms with E-state index in [1.165, 1.54) is 12.1 Å². The first-order valence-corrected chi connectivity index (χ1v) is 7.21. The average Bonchev–Trinajstić information content (AvgIpc) is 2.47. The Morgan fingerprint density at radius 3 is 2.91 bits per heavy atom. The number of benzene rings is 1. The molecule has 1 N–H and O–H groups in total. The third kappa shape index (κ3) is 2.77. The first-order chi connectivity index (χ1) is 10.5. The minimum absolute atomic E-state index is 0.000591. The van der Waals surface area contributed by atoms with Crippen molar-refractivity contribution in [3.05, 3.63) is 63.1 Å². The molecule has 0 fully saturated rings. The number of nitro groups is 1. The van der Waals surface area contributed by atoms with Gasteiger partial charge in [-0.1, -0.05) is 6.07 Å². The molecule has 0 amide bonds. The molecular formula is C16H16FN3O2. The van der Waals surface area contributed by atoms with E-state index in [1.54, 1.807) is 19.1 Å². The van der Waals surface area contributed by atoms with Crippen molar-refractivity contribution in [2.45, 2.75) is 32.2 Å². The highest BCUT2D eigenvalue weighted by Crippen LogP contribution is 2.33. The molecule has 3 rings (SSSR count). The first kappa shape index (κ1) is 14.4. The lowest BCUT2D eigenvalue weighted by Gasteiger charge is -2.27.